The SMILES string of the molecule is COc1ccc(OC)c(C2=NOC(C(=O)NCc3ccccc3)C2)c1. The molecule has 0 fully saturated rings. The minimum Gasteiger partial charge on any atom is -0.497 e. The minimum absolute atomic E-state index is 0.190. The molecule has 1 aliphatic heterocycles. The Kier molecular flexibility index (Phi) is 5.18. The highest BCUT2D eigenvalue weighted by molar-refractivity contribution is 6.06. The maximum Gasteiger partial charge on any atom is 0.264 e. The third kappa shape index (κ3) is 3.91. The molecule has 0 saturated carbocycles. The van der Waals surface area contributed by atoms with Crippen molar-refractivity contribution in [2.45, 2.75) is 19.1 Å². The lowest BCUT2D eigenvalue weighted by molar-refractivity contribution is -0.131. The zero-order valence-corrected chi connectivity index (χ0v) is 14.2. The molecule has 6 nitrogen and oxygen atoms in total. The van der Waals surface area contributed by atoms with Crippen LogP contribution in [0, 0.1) is 0 Å². The van der Waals surface area contributed by atoms with Crippen LogP contribution in [0.4, 0.5) is 0 Å². The van der Waals surface area contributed by atoms with Crippen molar-refractivity contribution in [2.75, 3.05) is 14.2 Å². The Morgan fingerprint density at radius 1 is 1.20 bits per heavy atom. The van der Waals surface area contributed by atoms with Crippen LogP contribution in [0.1, 0.15) is 17.5 Å². The molecular weight excluding hydrogens is 320 g/mol. The lowest BCUT2D eigenvalue weighted by Crippen LogP contribution is -2.34. The van der Waals surface area contributed by atoms with E-state index in [0.29, 0.717) is 30.2 Å². The maximum atomic E-state index is 12.3. The standard InChI is InChI=1S/C19H20N2O4/c1-23-14-8-9-17(24-2)15(10-14)16-11-18(25-21-16)19(22)20-12-13-6-4-3-5-7-13/h3-10,18H,11-12H2,1-2H3,(H,20,22). The van der Waals surface area contributed by atoms with Gasteiger partial charge >= 0.3 is 0 Å². The summed E-state index contributed by atoms with van der Waals surface area (Å²) in [5.74, 6) is 1.16. The molecule has 1 aliphatic rings. The molecular formula is C19H20N2O4. The van der Waals surface area contributed by atoms with Gasteiger partial charge in [0.1, 0.15) is 11.5 Å². The fourth-order valence-electron chi connectivity index (χ4n) is 2.62. The minimum atomic E-state index is -0.644. The van der Waals surface area contributed by atoms with Gasteiger partial charge in [-0.1, -0.05) is 35.5 Å². The summed E-state index contributed by atoms with van der Waals surface area (Å²) in [5, 5.41) is 6.94. The number of carbonyl (C=O) groups excluding carboxylic acids is 1. The van der Waals surface area contributed by atoms with Crippen LogP contribution < -0.4 is 14.8 Å². The fraction of sp³-hybridized carbons (Fsp3) is 0.263. The molecule has 25 heavy (non-hydrogen) atoms. The predicted octanol–water partition coefficient (Wildman–Crippen LogP) is 2.51. The van der Waals surface area contributed by atoms with Crippen LogP contribution in [0.15, 0.2) is 53.7 Å². The second kappa shape index (κ2) is 7.70. The van der Waals surface area contributed by atoms with Gasteiger partial charge < -0.3 is 19.6 Å². The van der Waals surface area contributed by atoms with Crippen LogP contribution in [0.5, 0.6) is 11.5 Å². The van der Waals surface area contributed by atoms with Crippen molar-refractivity contribution in [3.05, 3.63) is 59.7 Å². The van der Waals surface area contributed by atoms with Gasteiger partial charge in [-0.3, -0.25) is 4.79 Å². The van der Waals surface area contributed by atoms with Crippen LogP contribution in [0.25, 0.3) is 0 Å². The molecule has 1 N–H and O–H groups in total. The molecule has 1 unspecified atom stereocenters. The van der Waals surface area contributed by atoms with Crippen LogP contribution in [0.2, 0.25) is 0 Å². The van der Waals surface area contributed by atoms with E-state index >= 15 is 0 Å². The van der Waals surface area contributed by atoms with Crippen molar-refractivity contribution in [2.24, 2.45) is 5.16 Å². The van der Waals surface area contributed by atoms with Crippen molar-refractivity contribution in [1.29, 1.82) is 0 Å². The number of nitrogens with zero attached hydrogens (tertiary/aromatic N) is 1. The lowest BCUT2D eigenvalue weighted by Gasteiger charge is -2.11. The third-order valence-electron chi connectivity index (χ3n) is 3.99. The van der Waals surface area contributed by atoms with Crippen LogP contribution in [-0.4, -0.2) is 31.9 Å². The lowest BCUT2D eigenvalue weighted by atomic mass is 10.0. The zero-order valence-electron chi connectivity index (χ0n) is 14.2. The zero-order chi connectivity index (χ0) is 17.6. The first-order valence-corrected chi connectivity index (χ1v) is 7.98. The molecule has 2 aromatic rings. The summed E-state index contributed by atoms with van der Waals surface area (Å²) in [5.41, 5.74) is 2.46. The van der Waals surface area contributed by atoms with Crippen molar-refractivity contribution >= 4 is 11.6 Å². The van der Waals surface area contributed by atoms with E-state index in [2.05, 4.69) is 10.5 Å². The molecule has 0 radical (unpaired) electrons. The third-order valence-corrected chi connectivity index (χ3v) is 3.99. The summed E-state index contributed by atoms with van der Waals surface area (Å²) in [6.07, 6.45) is -0.265. The second-order valence-corrected chi connectivity index (χ2v) is 5.61. The molecule has 0 bridgehead atoms. The first kappa shape index (κ1) is 16.8. The van der Waals surface area contributed by atoms with E-state index in [1.54, 1.807) is 20.3 Å². The number of rotatable bonds is 6. The Bertz CT molecular complexity index is 774. The van der Waals surface area contributed by atoms with Crippen molar-refractivity contribution in [1.82, 2.24) is 5.32 Å². The van der Waals surface area contributed by atoms with E-state index < -0.39 is 6.10 Å². The predicted molar refractivity (Wildman–Crippen MR) is 93.9 cm³/mol. The van der Waals surface area contributed by atoms with Gasteiger partial charge in [0.2, 0.25) is 6.10 Å². The number of hydrogen-bond acceptors (Lipinski definition) is 5. The Balaban J connectivity index is 1.64. The molecule has 0 aliphatic carbocycles. The molecule has 1 heterocycles. The summed E-state index contributed by atoms with van der Waals surface area (Å²) in [6.45, 7) is 0.456. The molecule has 0 spiro atoms. The number of benzene rings is 2. The van der Waals surface area contributed by atoms with Gasteiger partial charge in [0.25, 0.3) is 5.91 Å². The van der Waals surface area contributed by atoms with Crippen molar-refractivity contribution < 1.29 is 19.1 Å². The summed E-state index contributed by atoms with van der Waals surface area (Å²) < 4.78 is 10.6. The summed E-state index contributed by atoms with van der Waals surface area (Å²) in [7, 11) is 3.18. The molecule has 3 rings (SSSR count). The average Bonchev–Trinajstić information content (AvgIpc) is 3.16. The highest BCUT2D eigenvalue weighted by Crippen LogP contribution is 2.28. The van der Waals surface area contributed by atoms with Gasteiger partial charge in [-0.2, -0.15) is 0 Å². The quantitative estimate of drug-likeness (QED) is 0.877. The molecule has 1 amide bonds. The van der Waals surface area contributed by atoms with E-state index in [1.807, 2.05) is 42.5 Å². The number of carbonyl (C=O) groups is 1. The largest absolute Gasteiger partial charge is 0.497 e. The Morgan fingerprint density at radius 2 is 2.00 bits per heavy atom. The topological polar surface area (TPSA) is 69.1 Å². The van der Waals surface area contributed by atoms with E-state index in [1.165, 1.54) is 0 Å². The van der Waals surface area contributed by atoms with Gasteiger partial charge in [0.15, 0.2) is 0 Å². The smallest absolute Gasteiger partial charge is 0.264 e. The second-order valence-electron chi connectivity index (χ2n) is 5.61. The Labute approximate surface area is 146 Å². The number of amides is 1. The summed E-state index contributed by atoms with van der Waals surface area (Å²) in [6, 6.07) is 15.2. The molecule has 6 heteroatoms. The number of ether oxygens (including phenoxy) is 2. The molecule has 0 aromatic heterocycles. The van der Waals surface area contributed by atoms with Gasteiger partial charge in [0, 0.05) is 18.5 Å². The Morgan fingerprint density at radius 3 is 2.72 bits per heavy atom. The molecule has 2 aromatic carbocycles. The van der Waals surface area contributed by atoms with E-state index in [4.69, 9.17) is 14.3 Å². The monoisotopic (exact) mass is 340 g/mol. The van der Waals surface area contributed by atoms with Gasteiger partial charge in [-0.05, 0) is 23.8 Å². The van der Waals surface area contributed by atoms with Crippen LogP contribution in [0.3, 0.4) is 0 Å². The normalized spacial score (nSPS) is 15.9. The number of oxime groups is 1. The van der Waals surface area contributed by atoms with Gasteiger partial charge in [-0.15, -0.1) is 0 Å². The number of methoxy groups -OCH3 is 2. The van der Waals surface area contributed by atoms with E-state index in [9.17, 15) is 4.79 Å². The molecule has 130 valence electrons. The van der Waals surface area contributed by atoms with Crippen molar-refractivity contribution in [3.63, 3.8) is 0 Å². The highest BCUT2D eigenvalue weighted by atomic mass is 16.6. The Hall–Kier alpha value is -3.02. The summed E-state index contributed by atoms with van der Waals surface area (Å²) >= 11 is 0. The molecule has 0 saturated heterocycles. The average molecular weight is 340 g/mol. The summed E-state index contributed by atoms with van der Waals surface area (Å²) in [4.78, 5) is 17.6. The van der Waals surface area contributed by atoms with Gasteiger partial charge in [0.05, 0.1) is 19.9 Å². The van der Waals surface area contributed by atoms with Gasteiger partial charge in [-0.25, -0.2) is 0 Å². The fourth-order valence-corrected chi connectivity index (χ4v) is 2.62. The van der Waals surface area contributed by atoms with Crippen molar-refractivity contribution in [3.8, 4) is 11.5 Å². The van der Waals surface area contributed by atoms with Crippen LogP contribution in [-0.2, 0) is 16.2 Å². The van der Waals surface area contributed by atoms with E-state index in [-0.39, 0.29) is 5.91 Å². The number of hydrogen-bond donors (Lipinski definition) is 1. The maximum absolute atomic E-state index is 12.3. The first-order valence-electron chi connectivity index (χ1n) is 7.98. The first-order chi connectivity index (χ1) is 12.2. The highest BCUT2D eigenvalue weighted by Gasteiger charge is 2.30. The number of nitrogens with one attached hydrogen (secondary N) is 1. The molecule has 1 atom stereocenters. The van der Waals surface area contributed by atoms with E-state index in [0.717, 1.165) is 11.1 Å². The van der Waals surface area contributed by atoms with Crippen LogP contribution >= 0.6 is 0 Å².